The van der Waals surface area contributed by atoms with Gasteiger partial charge in [-0.15, -0.1) is 5.10 Å². The van der Waals surface area contributed by atoms with E-state index in [1.54, 1.807) is 0 Å². The predicted octanol–water partition coefficient (Wildman–Crippen LogP) is 1.19. The maximum atomic E-state index is 12.8. The normalized spacial score (nSPS) is 10.5. The van der Waals surface area contributed by atoms with Gasteiger partial charge < -0.3 is 5.73 Å². The Bertz CT molecular complexity index is 460. The predicted molar refractivity (Wildman–Crippen MR) is 49.9 cm³/mol. The summed E-state index contributed by atoms with van der Waals surface area (Å²) < 4.78 is 25.6. The fourth-order valence-electron chi connectivity index (χ4n) is 1.25. The Hall–Kier alpha value is -1.98. The van der Waals surface area contributed by atoms with Crippen molar-refractivity contribution in [2.24, 2.45) is 0 Å². The largest absolute Gasteiger partial charge is 0.381 e. The Balaban J connectivity index is 2.24. The molecule has 0 saturated carbocycles. The van der Waals surface area contributed by atoms with Crippen LogP contribution < -0.4 is 5.73 Å². The first-order valence-corrected chi connectivity index (χ1v) is 4.24. The van der Waals surface area contributed by atoms with E-state index in [-0.39, 0.29) is 12.4 Å². The van der Waals surface area contributed by atoms with Crippen molar-refractivity contribution in [3.8, 4) is 0 Å². The molecule has 0 spiro atoms. The smallest absolute Gasteiger partial charge is 0.165 e. The van der Waals surface area contributed by atoms with Crippen LogP contribution in [0.5, 0.6) is 0 Å². The number of hydrogen-bond acceptors (Lipinski definition) is 3. The molecule has 6 heteroatoms. The third-order valence-corrected chi connectivity index (χ3v) is 1.80. The molecule has 78 valence electrons. The van der Waals surface area contributed by atoms with Crippen LogP contribution in [0, 0.1) is 11.6 Å². The lowest BCUT2D eigenvalue weighted by atomic mass is 10.2. The molecule has 1 aromatic heterocycles. The molecule has 0 radical (unpaired) electrons. The highest BCUT2D eigenvalue weighted by atomic mass is 19.1. The lowest BCUT2D eigenvalue weighted by molar-refractivity contribution is 0.560. The molecule has 0 unspecified atom stereocenters. The van der Waals surface area contributed by atoms with Crippen LogP contribution in [-0.4, -0.2) is 15.0 Å². The molecule has 0 bridgehead atoms. The van der Waals surface area contributed by atoms with Gasteiger partial charge in [-0.2, -0.15) is 9.90 Å². The summed E-state index contributed by atoms with van der Waals surface area (Å²) in [7, 11) is 0. The van der Waals surface area contributed by atoms with Gasteiger partial charge in [0.2, 0.25) is 0 Å². The average Bonchev–Trinajstić information content (AvgIpc) is 2.49. The molecule has 0 saturated heterocycles. The van der Waals surface area contributed by atoms with Gasteiger partial charge in [-0.05, 0) is 17.7 Å². The second-order valence-electron chi connectivity index (χ2n) is 3.08. The Morgan fingerprint density at radius 3 is 2.40 bits per heavy atom. The molecule has 0 aliphatic heterocycles. The second-order valence-corrected chi connectivity index (χ2v) is 3.08. The monoisotopic (exact) mass is 210 g/mol. The van der Waals surface area contributed by atoms with Crippen molar-refractivity contribution in [3.63, 3.8) is 0 Å². The summed E-state index contributed by atoms with van der Waals surface area (Å²) in [5, 5.41) is 7.61. The quantitative estimate of drug-likeness (QED) is 0.809. The Morgan fingerprint density at radius 2 is 1.87 bits per heavy atom. The number of benzene rings is 1. The third kappa shape index (κ3) is 2.28. The van der Waals surface area contributed by atoms with Gasteiger partial charge in [0, 0.05) is 6.07 Å². The van der Waals surface area contributed by atoms with Crippen molar-refractivity contribution in [3.05, 3.63) is 41.6 Å². The first-order valence-electron chi connectivity index (χ1n) is 4.24. The van der Waals surface area contributed by atoms with Crippen molar-refractivity contribution in [2.75, 3.05) is 5.73 Å². The van der Waals surface area contributed by atoms with Crippen molar-refractivity contribution in [1.82, 2.24) is 15.0 Å². The van der Waals surface area contributed by atoms with E-state index >= 15 is 0 Å². The van der Waals surface area contributed by atoms with E-state index in [2.05, 4.69) is 10.2 Å². The minimum atomic E-state index is -0.620. The van der Waals surface area contributed by atoms with Gasteiger partial charge in [0.25, 0.3) is 0 Å². The summed E-state index contributed by atoms with van der Waals surface area (Å²) in [6.07, 6.45) is 1.37. The topological polar surface area (TPSA) is 56.7 Å². The molecule has 0 fully saturated rings. The van der Waals surface area contributed by atoms with Crippen LogP contribution in [-0.2, 0) is 6.54 Å². The van der Waals surface area contributed by atoms with Gasteiger partial charge in [-0.3, -0.25) is 0 Å². The fraction of sp³-hybridized carbons (Fsp3) is 0.111. The van der Waals surface area contributed by atoms with Crippen LogP contribution in [0.25, 0.3) is 0 Å². The van der Waals surface area contributed by atoms with Crippen LogP contribution in [0.3, 0.4) is 0 Å². The molecule has 0 aliphatic carbocycles. The van der Waals surface area contributed by atoms with E-state index in [0.717, 1.165) is 6.07 Å². The number of rotatable bonds is 2. The average molecular weight is 210 g/mol. The molecular formula is C9H8F2N4. The van der Waals surface area contributed by atoms with E-state index in [4.69, 9.17) is 5.73 Å². The third-order valence-electron chi connectivity index (χ3n) is 1.80. The van der Waals surface area contributed by atoms with Crippen LogP contribution in [0.2, 0.25) is 0 Å². The molecule has 0 atom stereocenters. The van der Waals surface area contributed by atoms with Crippen molar-refractivity contribution < 1.29 is 8.78 Å². The number of aromatic nitrogens is 3. The molecule has 2 N–H and O–H groups in total. The summed E-state index contributed by atoms with van der Waals surface area (Å²) in [5.41, 5.74) is 5.80. The van der Waals surface area contributed by atoms with Gasteiger partial charge in [-0.1, -0.05) is 0 Å². The molecule has 4 nitrogen and oxygen atoms in total. The molecule has 1 aromatic carbocycles. The summed E-state index contributed by atoms with van der Waals surface area (Å²) in [5.74, 6) is -0.970. The first-order chi connectivity index (χ1) is 7.13. The highest BCUT2D eigenvalue weighted by Crippen LogP contribution is 2.08. The molecule has 1 heterocycles. The summed E-state index contributed by atoms with van der Waals surface area (Å²) >= 11 is 0. The van der Waals surface area contributed by atoms with Gasteiger partial charge in [0.1, 0.15) is 11.6 Å². The first kappa shape index (κ1) is 9.57. The van der Waals surface area contributed by atoms with E-state index in [1.807, 2.05) is 0 Å². The zero-order valence-corrected chi connectivity index (χ0v) is 7.69. The van der Waals surface area contributed by atoms with E-state index in [9.17, 15) is 8.78 Å². The fourth-order valence-corrected chi connectivity index (χ4v) is 1.25. The Kier molecular flexibility index (Phi) is 2.32. The second kappa shape index (κ2) is 3.64. The van der Waals surface area contributed by atoms with Gasteiger partial charge in [0.05, 0.1) is 12.7 Å². The molecule has 2 rings (SSSR count). The minimum Gasteiger partial charge on any atom is -0.381 e. The lowest BCUT2D eigenvalue weighted by Gasteiger charge is -2.00. The van der Waals surface area contributed by atoms with E-state index < -0.39 is 11.6 Å². The Morgan fingerprint density at radius 1 is 1.20 bits per heavy atom. The van der Waals surface area contributed by atoms with Crippen LogP contribution in [0.1, 0.15) is 5.56 Å². The number of halogens is 2. The molecular weight excluding hydrogens is 202 g/mol. The minimum absolute atomic E-state index is 0.186. The summed E-state index contributed by atoms with van der Waals surface area (Å²) in [6.45, 7) is 0.186. The van der Waals surface area contributed by atoms with E-state index in [1.165, 1.54) is 23.1 Å². The summed E-state index contributed by atoms with van der Waals surface area (Å²) in [6, 6.07) is 3.26. The molecule has 15 heavy (non-hydrogen) atoms. The van der Waals surface area contributed by atoms with Crippen molar-refractivity contribution in [2.45, 2.75) is 6.54 Å². The van der Waals surface area contributed by atoms with Gasteiger partial charge >= 0.3 is 0 Å². The highest BCUT2D eigenvalue weighted by Gasteiger charge is 2.03. The molecule has 0 amide bonds. The number of nitrogens with two attached hydrogens (primary N) is 1. The van der Waals surface area contributed by atoms with E-state index in [0.29, 0.717) is 5.56 Å². The molecule has 0 aliphatic rings. The zero-order chi connectivity index (χ0) is 10.8. The number of hydrogen-bond donors (Lipinski definition) is 1. The molecule has 2 aromatic rings. The lowest BCUT2D eigenvalue weighted by Crippen LogP contribution is -2.04. The van der Waals surface area contributed by atoms with Crippen molar-refractivity contribution >= 4 is 5.82 Å². The number of anilines is 1. The van der Waals surface area contributed by atoms with Crippen LogP contribution >= 0.6 is 0 Å². The number of nitrogens with zero attached hydrogens (tertiary/aromatic N) is 3. The Labute approximate surface area is 84.3 Å². The maximum absolute atomic E-state index is 12.8. The maximum Gasteiger partial charge on any atom is 0.165 e. The van der Waals surface area contributed by atoms with Crippen LogP contribution in [0.4, 0.5) is 14.6 Å². The summed E-state index contributed by atoms with van der Waals surface area (Å²) in [4.78, 5) is 1.27. The SMILES string of the molecule is Nc1cnn(Cc2cc(F)cc(F)c2)n1. The van der Waals surface area contributed by atoms with Crippen molar-refractivity contribution in [1.29, 1.82) is 0 Å². The highest BCUT2D eigenvalue weighted by molar-refractivity contribution is 5.21. The standard InChI is InChI=1S/C9H8F2N4/c10-7-1-6(2-8(11)3-7)5-15-13-4-9(12)14-15/h1-4H,5H2,(H2,12,14). The zero-order valence-electron chi connectivity index (χ0n) is 7.69. The van der Waals surface area contributed by atoms with Gasteiger partial charge in [-0.25, -0.2) is 8.78 Å². The van der Waals surface area contributed by atoms with Crippen LogP contribution in [0.15, 0.2) is 24.4 Å². The number of nitrogen functional groups attached to an aromatic ring is 1. The van der Waals surface area contributed by atoms with Gasteiger partial charge in [0.15, 0.2) is 5.82 Å².